The molecular weight excluding hydrogens is 378 g/mol. The van der Waals surface area contributed by atoms with Gasteiger partial charge in [0.2, 0.25) is 0 Å². The molecule has 2 N–H and O–H groups in total. The van der Waals surface area contributed by atoms with Crippen molar-refractivity contribution in [3.63, 3.8) is 0 Å². The van der Waals surface area contributed by atoms with Crippen molar-refractivity contribution in [2.75, 3.05) is 13.1 Å². The van der Waals surface area contributed by atoms with Crippen LogP contribution in [0.2, 0.25) is 0 Å². The molecule has 1 aromatic heterocycles. The van der Waals surface area contributed by atoms with Crippen LogP contribution in [-0.4, -0.2) is 39.0 Å². The van der Waals surface area contributed by atoms with Gasteiger partial charge in [-0.25, -0.2) is 4.79 Å². The lowest BCUT2D eigenvalue weighted by atomic mass is 9.98. The molecule has 3 aromatic rings. The predicted octanol–water partition coefficient (Wildman–Crippen LogP) is 3.99. The van der Waals surface area contributed by atoms with Gasteiger partial charge in [-0.15, -0.1) is 0 Å². The highest BCUT2D eigenvalue weighted by molar-refractivity contribution is 5.94. The number of aromatic amines is 1. The summed E-state index contributed by atoms with van der Waals surface area (Å²) in [5, 5.41) is 9.74. The number of benzene rings is 2. The van der Waals surface area contributed by atoms with E-state index in [4.69, 9.17) is 0 Å². The zero-order chi connectivity index (χ0) is 21.3. The minimum Gasteiger partial charge on any atom is -0.508 e. The molecule has 0 radical (unpaired) electrons. The van der Waals surface area contributed by atoms with E-state index in [0.29, 0.717) is 28.4 Å². The summed E-state index contributed by atoms with van der Waals surface area (Å²) in [4.78, 5) is 33.6. The number of amides is 1. The molecule has 0 atom stereocenters. The number of phenolic OH excluding ortho intramolecular Hbond substituents is 1. The van der Waals surface area contributed by atoms with Gasteiger partial charge < -0.3 is 15.0 Å². The second-order valence-corrected chi connectivity index (χ2v) is 8.04. The maximum Gasteiger partial charge on any atom is 0.345 e. The number of aromatic hydroxyl groups is 1. The summed E-state index contributed by atoms with van der Waals surface area (Å²) in [6.07, 6.45) is 2.09. The first kappa shape index (κ1) is 19.9. The molecule has 4 rings (SSSR count). The molecule has 1 saturated heterocycles. The molecule has 1 fully saturated rings. The number of likely N-dealkylation sites (tertiary alicyclic amines) is 1. The van der Waals surface area contributed by atoms with Gasteiger partial charge in [-0.3, -0.25) is 4.79 Å². The second kappa shape index (κ2) is 8.14. The summed E-state index contributed by atoms with van der Waals surface area (Å²) >= 11 is 0. The van der Waals surface area contributed by atoms with Crippen LogP contribution in [0.15, 0.2) is 53.3 Å². The fourth-order valence-corrected chi connectivity index (χ4v) is 3.76. The van der Waals surface area contributed by atoms with Crippen molar-refractivity contribution in [3.8, 4) is 28.3 Å². The molecule has 0 unspecified atom stereocenters. The molecule has 0 spiro atoms. The minimum absolute atomic E-state index is 0.0527. The number of aromatic nitrogens is 2. The first-order valence-electron chi connectivity index (χ1n) is 10.2. The lowest BCUT2D eigenvalue weighted by Crippen LogP contribution is -2.37. The number of piperidine rings is 1. The third-order valence-electron chi connectivity index (χ3n) is 5.75. The molecule has 154 valence electrons. The number of rotatable bonds is 3. The summed E-state index contributed by atoms with van der Waals surface area (Å²) in [6, 6.07) is 14.2. The Morgan fingerprint density at radius 1 is 1.07 bits per heavy atom. The van der Waals surface area contributed by atoms with Crippen molar-refractivity contribution in [1.82, 2.24) is 14.9 Å². The number of hydrogen-bond donors (Lipinski definition) is 2. The number of carbonyl (C=O) groups excluding carboxylic acids is 1. The number of H-pyrrole nitrogens is 1. The molecule has 1 amide bonds. The van der Waals surface area contributed by atoms with E-state index in [1.165, 1.54) is 0 Å². The van der Waals surface area contributed by atoms with Gasteiger partial charge in [0.05, 0.1) is 11.4 Å². The first-order chi connectivity index (χ1) is 14.4. The summed E-state index contributed by atoms with van der Waals surface area (Å²) < 4.78 is 0. The van der Waals surface area contributed by atoms with Crippen LogP contribution in [0, 0.1) is 12.8 Å². The topological polar surface area (TPSA) is 86.3 Å². The number of nitrogens with zero attached hydrogens (tertiary/aromatic N) is 2. The highest BCUT2D eigenvalue weighted by atomic mass is 16.3. The lowest BCUT2D eigenvalue weighted by Gasteiger charge is -2.30. The van der Waals surface area contributed by atoms with E-state index in [1.54, 1.807) is 43.3 Å². The van der Waals surface area contributed by atoms with Gasteiger partial charge in [-0.1, -0.05) is 19.1 Å². The van der Waals surface area contributed by atoms with Crippen LogP contribution in [0.5, 0.6) is 5.75 Å². The summed E-state index contributed by atoms with van der Waals surface area (Å²) in [5.41, 5.74) is 3.63. The van der Waals surface area contributed by atoms with Crippen molar-refractivity contribution in [3.05, 3.63) is 70.1 Å². The van der Waals surface area contributed by atoms with Crippen molar-refractivity contribution in [2.24, 2.45) is 5.92 Å². The van der Waals surface area contributed by atoms with E-state index in [2.05, 4.69) is 16.9 Å². The molecule has 2 heterocycles. The van der Waals surface area contributed by atoms with Crippen molar-refractivity contribution in [2.45, 2.75) is 26.7 Å². The van der Waals surface area contributed by atoms with Gasteiger partial charge in [-0.2, -0.15) is 4.98 Å². The molecule has 2 aromatic carbocycles. The molecule has 0 bridgehead atoms. The lowest BCUT2D eigenvalue weighted by molar-refractivity contribution is 0.0697. The van der Waals surface area contributed by atoms with Gasteiger partial charge in [-0.05, 0) is 73.2 Å². The van der Waals surface area contributed by atoms with E-state index >= 15 is 0 Å². The molecule has 1 aliphatic rings. The van der Waals surface area contributed by atoms with Crippen molar-refractivity contribution in [1.29, 1.82) is 0 Å². The van der Waals surface area contributed by atoms with E-state index in [0.717, 1.165) is 37.1 Å². The fraction of sp³-hybridized carbons (Fsp3) is 0.292. The smallest absolute Gasteiger partial charge is 0.345 e. The Kier molecular flexibility index (Phi) is 5.40. The number of phenols is 1. The van der Waals surface area contributed by atoms with Crippen LogP contribution < -0.4 is 5.69 Å². The van der Waals surface area contributed by atoms with Gasteiger partial charge in [0.1, 0.15) is 5.75 Å². The van der Waals surface area contributed by atoms with Crippen molar-refractivity contribution >= 4 is 5.91 Å². The van der Waals surface area contributed by atoms with E-state index in [1.807, 2.05) is 17.0 Å². The average Bonchev–Trinajstić information content (AvgIpc) is 2.75. The Morgan fingerprint density at radius 2 is 1.73 bits per heavy atom. The predicted molar refractivity (Wildman–Crippen MR) is 116 cm³/mol. The number of hydrogen-bond acceptors (Lipinski definition) is 4. The number of nitrogens with one attached hydrogen (secondary N) is 1. The van der Waals surface area contributed by atoms with Crippen LogP contribution in [0.4, 0.5) is 0 Å². The zero-order valence-electron chi connectivity index (χ0n) is 17.2. The Bertz CT molecular complexity index is 1130. The van der Waals surface area contributed by atoms with Crippen LogP contribution >= 0.6 is 0 Å². The second-order valence-electron chi connectivity index (χ2n) is 8.04. The standard InChI is InChI=1S/C24H25N3O3/c1-15-9-11-27(12-10-15)23(29)18-5-3-17(4-6-18)20-14-21(26-24(30)25-20)19-7-8-22(28)16(2)13-19/h3-8,13-15,28H,9-12H2,1-2H3,(H,25,26,30). The molecular formula is C24H25N3O3. The average molecular weight is 403 g/mol. The van der Waals surface area contributed by atoms with E-state index < -0.39 is 5.69 Å². The van der Waals surface area contributed by atoms with E-state index in [9.17, 15) is 14.7 Å². The molecule has 6 nitrogen and oxygen atoms in total. The van der Waals surface area contributed by atoms with Crippen LogP contribution in [0.1, 0.15) is 35.7 Å². The highest BCUT2D eigenvalue weighted by Crippen LogP contribution is 2.26. The fourth-order valence-electron chi connectivity index (χ4n) is 3.76. The Hall–Kier alpha value is -3.41. The van der Waals surface area contributed by atoms with Gasteiger partial charge in [0.25, 0.3) is 5.91 Å². The Morgan fingerprint density at radius 3 is 2.40 bits per heavy atom. The first-order valence-corrected chi connectivity index (χ1v) is 10.2. The Labute approximate surface area is 175 Å². The molecule has 30 heavy (non-hydrogen) atoms. The monoisotopic (exact) mass is 403 g/mol. The summed E-state index contributed by atoms with van der Waals surface area (Å²) in [6.45, 7) is 5.62. The minimum atomic E-state index is -0.448. The van der Waals surface area contributed by atoms with Crippen LogP contribution in [0.25, 0.3) is 22.5 Å². The van der Waals surface area contributed by atoms with Crippen LogP contribution in [-0.2, 0) is 0 Å². The quantitative estimate of drug-likeness (QED) is 0.692. The SMILES string of the molecule is Cc1cc(-c2cc(-c3ccc(C(=O)N4CCC(C)CC4)cc3)[nH]c(=O)n2)ccc1O. The summed E-state index contributed by atoms with van der Waals surface area (Å²) in [5.74, 6) is 0.927. The van der Waals surface area contributed by atoms with E-state index in [-0.39, 0.29) is 11.7 Å². The summed E-state index contributed by atoms with van der Waals surface area (Å²) in [7, 11) is 0. The zero-order valence-corrected chi connectivity index (χ0v) is 17.2. The Balaban J connectivity index is 1.60. The van der Waals surface area contributed by atoms with Gasteiger partial charge in [0.15, 0.2) is 0 Å². The van der Waals surface area contributed by atoms with Crippen LogP contribution in [0.3, 0.4) is 0 Å². The molecule has 6 heteroatoms. The third kappa shape index (κ3) is 4.13. The largest absolute Gasteiger partial charge is 0.508 e. The molecule has 0 aliphatic carbocycles. The molecule has 0 saturated carbocycles. The van der Waals surface area contributed by atoms with Gasteiger partial charge in [0, 0.05) is 24.2 Å². The third-order valence-corrected chi connectivity index (χ3v) is 5.75. The number of aryl methyl sites for hydroxylation is 1. The molecule has 1 aliphatic heterocycles. The van der Waals surface area contributed by atoms with Crippen molar-refractivity contribution < 1.29 is 9.90 Å². The normalized spacial score (nSPS) is 14.7. The highest BCUT2D eigenvalue weighted by Gasteiger charge is 2.21. The van der Waals surface area contributed by atoms with Gasteiger partial charge >= 0.3 is 5.69 Å². The maximum atomic E-state index is 12.7. The maximum absolute atomic E-state index is 12.7. The number of carbonyl (C=O) groups is 1.